The highest BCUT2D eigenvalue weighted by atomic mass is 16.5. The van der Waals surface area contributed by atoms with Crippen LogP contribution in [0, 0.1) is 0 Å². The van der Waals surface area contributed by atoms with Crippen LogP contribution in [0.1, 0.15) is 32.6 Å². The highest BCUT2D eigenvalue weighted by Crippen LogP contribution is 2.23. The molecule has 0 unspecified atom stereocenters. The van der Waals surface area contributed by atoms with E-state index in [1.54, 1.807) is 24.3 Å². The first-order valence-electron chi connectivity index (χ1n) is 7.31. The Morgan fingerprint density at radius 2 is 1.48 bits per heavy atom. The summed E-state index contributed by atoms with van der Waals surface area (Å²) in [6.07, 6.45) is 3.50. The molecule has 3 nitrogen and oxygen atoms in total. The lowest BCUT2D eigenvalue weighted by Crippen LogP contribution is -2.07. The van der Waals surface area contributed by atoms with Crippen LogP contribution in [0.5, 0.6) is 17.2 Å². The number of ether oxygens (including phenoxy) is 2. The van der Waals surface area contributed by atoms with E-state index in [9.17, 15) is 4.79 Å². The van der Waals surface area contributed by atoms with E-state index in [0.29, 0.717) is 17.9 Å². The fourth-order valence-corrected chi connectivity index (χ4v) is 1.90. The van der Waals surface area contributed by atoms with Gasteiger partial charge >= 0.3 is 5.97 Å². The van der Waals surface area contributed by atoms with Gasteiger partial charge in [0.25, 0.3) is 0 Å². The third-order valence-electron chi connectivity index (χ3n) is 3.02. The Hall–Kier alpha value is -2.29. The summed E-state index contributed by atoms with van der Waals surface area (Å²) in [5, 5.41) is 0. The van der Waals surface area contributed by atoms with Crippen LogP contribution in [0.25, 0.3) is 0 Å². The molecule has 3 heteroatoms. The summed E-state index contributed by atoms with van der Waals surface area (Å²) >= 11 is 0. The maximum absolute atomic E-state index is 11.6. The standard InChI is InChI=1S/C18H20O3/c1-2-3-5-10-18(19)21-17-13-11-16(12-14-17)20-15-8-6-4-7-9-15/h4,6-9,11-14H,2-3,5,10H2,1H3. The minimum atomic E-state index is -0.180. The van der Waals surface area contributed by atoms with Crippen molar-refractivity contribution in [1.82, 2.24) is 0 Å². The number of unbranched alkanes of at least 4 members (excludes halogenated alkanes) is 2. The van der Waals surface area contributed by atoms with Gasteiger partial charge < -0.3 is 9.47 Å². The van der Waals surface area contributed by atoms with E-state index in [0.717, 1.165) is 25.0 Å². The fourth-order valence-electron chi connectivity index (χ4n) is 1.90. The van der Waals surface area contributed by atoms with Crippen LogP contribution in [-0.2, 0) is 4.79 Å². The normalized spacial score (nSPS) is 10.1. The zero-order valence-electron chi connectivity index (χ0n) is 12.2. The van der Waals surface area contributed by atoms with E-state index >= 15 is 0 Å². The molecule has 2 aromatic carbocycles. The number of benzene rings is 2. The molecule has 0 N–H and O–H groups in total. The number of rotatable bonds is 7. The van der Waals surface area contributed by atoms with E-state index in [-0.39, 0.29) is 5.97 Å². The van der Waals surface area contributed by atoms with Crippen molar-refractivity contribution < 1.29 is 14.3 Å². The quantitative estimate of drug-likeness (QED) is 0.409. The van der Waals surface area contributed by atoms with Gasteiger partial charge in [0.05, 0.1) is 0 Å². The van der Waals surface area contributed by atoms with Crippen molar-refractivity contribution in [3.63, 3.8) is 0 Å². The van der Waals surface area contributed by atoms with Gasteiger partial charge in [0.1, 0.15) is 17.2 Å². The third-order valence-corrected chi connectivity index (χ3v) is 3.02. The summed E-state index contributed by atoms with van der Waals surface area (Å²) in [4.78, 5) is 11.6. The van der Waals surface area contributed by atoms with Gasteiger partial charge in [-0.15, -0.1) is 0 Å². The first-order chi connectivity index (χ1) is 10.3. The summed E-state index contributed by atoms with van der Waals surface area (Å²) in [5.74, 6) is 1.87. The molecule has 0 bridgehead atoms. The molecular formula is C18H20O3. The zero-order valence-corrected chi connectivity index (χ0v) is 12.2. The molecule has 0 radical (unpaired) electrons. The molecule has 0 aliphatic rings. The lowest BCUT2D eigenvalue weighted by Gasteiger charge is -2.07. The molecular weight excluding hydrogens is 264 g/mol. The van der Waals surface area contributed by atoms with E-state index in [1.807, 2.05) is 30.3 Å². The van der Waals surface area contributed by atoms with Crippen molar-refractivity contribution in [2.75, 3.05) is 0 Å². The molecule has 0 heterocycles. The van der Waals surface area contributed by atoms with Crippen molar-refractivity contribution in [3.05, 3.63) is 54.6 Å². The molecule has 0 saturated heterocycles. The molecule has 110 valence electrons. The molecule has 0 amide bonds. The van der Waals surface area contributed by atoms with Crippen molar-refractivity contribution in [2.45, 2.75) is 32.6 Å². The number of carbonyl (C=O) groups excluding carboxylic acids is 1. The van der Waals surface area contributed by atoms with E-state index in [2.05, 4.69) is 6.92 Å². The topological polar surface area (TPSA) is 35.5 Å². The van der Waals surface area contributed by atoms with Gasteiger partial charge in [-0.2, -0.15) is 0 Å². The van der Waals surface area contributed by atoms with Crippen LogP contribution in [0.2, 0.25) is 0 Å². The average molecular weight is 284 g/mol. The number of para-hydroxylation sites is 1. The number of esters is 1. The van der Waals surface area contributed by atoms with Crippen LogP contribution >= 0.6 is 0 Å². The maximum atomic E-state index is 11.6. The van der Waals surface area contributed by atoms with E-state index < -0.39 is 0 Å². The monoisotopic (exact) mass is 284 g/mol. The Bertz CT molecular complexity index is 546. The van der Waals surface area contributed by atoms with E-state index in [4.69, 9.17) is 9.47 Å². The van der Waals surface area contributed by atoms with Crippen LogP contribution < -0.4 is 9.47 Å². The van der Waals surface area contributed by atoms with Gasteiger partial charge in [0.15, 0.2) is 0 Å². The van der Waals surface area contributed by atoms with Crippen molar-refractivity contribution in [2.24, 2.45) is 0 Å². The Morgan fingerprint density at radius 1 is 0.857 bits per heavy atom. The van der Waals surface area contributed by atoms with Crippen molar-refractivity contribution in [1.29, 1.82) is 0 Å². The molecule has 0 fully saturated rings. The van der Waals surface area contributed by atoms with Gasteiger partial charge in [-0.25, -0.2) is 0 Å². The highest BCUT2D eigenvalue weighted by molar-refractivity contribution is 5.72. The smallest absolute Gasteiger partial charge is 0.311 e. The van der Waals surface area contributed by atoms with Gasteiger partial charge in [0, 0.05) is 6.42 Å². The summed E-state index contributed by atoms with van der Waals surface area (Å²) in [7, 11) is 0. The third kappa shape index (κ3) is 5.30. The number of hydrogen-bond donors (Lipinski definition) is 0. The van der Waals surface area contributed by atoms with Crippen LogP contribution in [0.15, 0.2) is 54.6 Å². The first kappa shape index (κ1) is 15.1. The van der Waals surface area contributed by atoms with Crippen LogP contribution in [0.4, 0.5) is 0 Å². The van der Waals surface area contributed by atoms with Gasteiger partial charge in [0.2, 0.25) is 0 Å². The van der Waals surface area contributed by atoms with E-state index in [1.165, 1.54) is 0 Å². The molecule has 21 heavy (non-hydrogen) atoms. The SMILES string of the molecule is CCCCCC(=O)Oc1ccc(Oc2ccccc2)cc1. The van der Waals surface area contributed by atoms with Crippen LogP contribution in [-0.4, -0.2) is 5.97 Å². The lowest BCUT2D eigenvalue weighted by atomic mass is 10.2. The minimum absolute atomic E-state index is 0.180. The second kappa shape index (κ2) is 8.10. The van der Waals surface area contributed by atoms with Crippen molar-refractivity contribution >= 4 is 5.97 Å². The lowest BCUT2D eigenvalue weighted by molar-refractivity contribution is -0.134. The average Bonchev–Trinajstić information content (AvgIpc) is 2.51. The number of carbonyl (C=O) groups is 1. The zero-order chi connectivity index (χ0) is 14.9. The number of hydrogen-bond acceptors (Lipinski definition) is 3. The predicted octanol–water partition coefficient (Wildman–Crippen LogP) is 4.96. The maximum Gasteiger partial charge on any atom is 0.311 e. The minimum Gasteiger partial charge on any atom is -0.457 e. The molecule has 0 aliphatic carbocycles. The van der Waals surface area contributed by atoms with Crippen molar-refractivity contribution in [3.8, 4) is 17.2 Å². The second-order valence-electron chi connectivity index (χ2n) is 4.82. The highest BCUT2D eigenvalue weighted by Gasteiger charge is 2.05. The molecule has 0 saturated carbocycles. The largest absolute Gasteiger partial charge is 0.457 e. The fraction of sp³-hybridized carbons (Fsp3) is 0.278. The molecule has 2 rings (SSSR count). The second-order valence-corrected chi connectivity index (χ2v) is 4.82. The van der Waals surface area contributed by atoms with Gasteiger partial charge in [-0.3, -0.25) is 4.79 Å². The van der Waals surface area contributed by atoms with Gasteiger partial charge in [-0.1, -0.05) is 38.0 Å². The molecule has 0 aliphatic heterocycles. The molecule has 2 aromatic rings. The first-order valence-corrected chi connectivity index (χ1v) is 7.31. The predicted molar refractivity (Wildman–Crippen MR) is 82.7 cm³/mol. The molecule has 0 atom stereocenters. The summed E-state index contributed by atoms with van der Waals surface area (Å²) in [6, 6.07) is 16.6. The van der Waals surface area contributed by atoms with Crippen LogP contribution in [0.3, 0.4) is 0 Å². The molecule has 0 spiro atoms. The summed E-state index contributed by atoms with van der Waals surface area (Å²) in [6.45, 7) is 2.11. The Labute approximate surface area is 125 Å². The Balaban J connectivity index is 1.85. The van der Waals surface area contributed by atoms with Gasteiger partial charge in [-0.05, 0) is 42.8 Å². The summed E-state index contributed by atoms with van der Waals surface area (Å²) in [5.41, 5.74) is 0. The Kier molecular flexibility index (Phi) is 5.83. The molecule has 0 aromatic heterocycles. The Morgan fingerprint density at radius 3 is 2.14 bits per heavy atom. The summed E-state index contributed by atoms with van der Waals surface area (Å²) < 4.78 is 10.9.